The highest BCUT2D eigenvalue weighted by Gasteiger charge is 2.32. The molecule has 0 saturated heterocycles. The molecule has 2 aromatic rings. The number of hydrogen-bond acceptors (Lipinski definition) is 6. The third kappa shape index (κ3) is 3.97. The summed E-state index contributed by atoms with van der Waals surface area (Å²) in [5.41, 5.74) is 3.73. The van der Waals surface area contributed by atoms with Crippen LogP contribution in [0.5, 0.6) is 5.75 Å². The van der Waals surface area contributed by atoms with Gasteiger partial charge in [0.25, 0.3) is 5.56 Å². The van der Waals surface area contributed by atoms with Crippen LogP contribution in [0.1, 0.15) is 10.4 Å². The number of nitrogens with zero attached hydrogens (tertiary/aromatic N) is 2. The third-order valence-corrected chi connectivity index (χ3v) is 3.43. The largest absolute Gasteiger partial charge is 0.573 e. The van der Waals surface area contributed by atoms with Crippen molar-refractivity contribution in [2.75, 3.05) is 12.8 Å². The molecular formula is C13H8Cl2F3N3O4. The highest BCUT2D eigenvalue weighted by atomic mass is 35.5. The van der Waals surface area contributed by atoms with Gasteiger partial charge >= 0.3 is 12.3 Å². The Morgan fingerprint density at radius 2 is 1.84 bits per heavy atom. The van der Waals surface area contributed by atoms with Crippen LogP contribution < -0.4 is 16.0 Å². The van der Waals surface area contributed by atoms with Crippen molar-refractivity contribution in [2.45, 2.75) is 6.36 Å². The molecule has 0 atom stereocenters. The quantitative estimate of drug-likeness (QED) is 0.799. The van der Waals surface area contributed by atoms with E-state index in [9.17, 15) is 22.8 Å². The maximum atomic E-state index is 12.4. The van der Waals surface area contributed by atoms with Gasteiger partial charge in [-0.15, -0.1) is 13.2 Å². The van der Waals surface area contributed by atoms with Crippen molar-refractivity contribution >= 4 is 35.0 Å². The number of esters is 1. The molecule has 12 heteroatoms. The lowest BCUT2D eigenvalue weighted by Crippen LogP contribution is -2.28. The van der Waals surface area contributed by atoms with E-state index in [0.717, 1.165) is 30.1 Å². The van der Waals surface area contributed by atoms with Crippen molar-refractivity contribution in [1.82, 2.24) is 9.55 Å². The van der Waals surface area contributed by atoms with Gasteiger partial charge in [0.15, 0.2) is 5.56 Å². The van der Waals surface area contributed by atoms with Crippen molar-refractivity contribution in [1.29, 1.82) is 0 Å². The van der Waals surface area contributed by atoms with E-state index >= 15 is 0 Å². The van der Waals surface area contributed by atoms with Crippen LogP contribution in [0.25, 0.3) is 5.69 Å². The number of carbonyl (C=O) groups is 1. The van der Waals surface area contributed by atoms with Gasteiger partial charge in [0.05, 0.1) is 22.8 Å². The van der Waals surface area contributed by atoms with Gasteiger partial charge in [0.2, 0.25) is 0 Å². The van der Waals surface area contributed by atoms with Crippen LogP contribution in [0.2, 0.25) is 10.0 Å². The molecule has 2 rings (SSSR count). The number of benzene rings is 1. The zero-order valence-electron chi connectivity index (χ0n) is 12.2. The summed E-state index contributed by atoms with van der Waals surface area (Å²) in [5.74, 6) is -2.12. The third-order valence-electron chi connectivity index (χ3n) is 2.86. The van der Waals surface area contributed by atoms with Crippen molar-refractivity contribution in [3.63, 3.8) is 0 Å². The van der Waals surface area contributed by atoms with Crippen molar-refractivity contribution in [3.8, 4) is 11.4 Å². The molecule has 0 fully saturated rings. The molecular weight excluding hydrogens is 390 g/mol. The Morgan fingerprint density at radius 1 is 1.28 bits per heavy atom. The Morgan fingerprint density at radius 3 is 2.32 bits per heavy atom. The average molecular weight is 398 g/mol. The number of hydrogen-bond donors (Lipinski definition) is 1. The molecule has 1 aromatic carbocycles. The van der Waals surface area contributed by atoms with Gasteiger partial charge in [-0.1, -0.05) is 23.2 Å². The first-order chi connectivity index (χ1) is 11.5. The second-order valence-corrected chi connectivity index (χ2v) is 5.27. The van der Waals surface area contributed by atoms with Crippen molar-refractivity contribution in [3.05, 3.63) is 44.4 Å². The first-order valence-corrected chi connectivity index (χ1v) is 7.01. The summed E-state index contributed by atoms with van der Waals surface area (Å²) in [4.78, 5) is 27.7. The Balaban J connectivity index is 2.64. The van der Waals surface area contributed by atoms with Crippen LogP contribution in [0.3, 0.4) is 0 Å². The lowest BCUT2D eigenvalue weighted by atomic mass is 10.2. The minimum absolute atomic E-state index is 0.208. The molecule has 134 valence electrons. The molecule has 2 N–H and O–H groups in total. The number of aromatic nitrogens is 2. The normalized spacial score (nSPS) is 11.3. The number of carbonyl (C=O) groups excluding carboxylic acids is 1. The van der Waals surface area contributed by atoms with E-state index < -0.39 is 35.0 Å². The summed E-state index contributed by atoms with van der Waals surface area (Å²) in [6.45, 7) is 0. The summed E-state index contributed by atoms with van der Waals surface area (Å²) in [5, 5.41) is -0.701. The summed E-state index contributed by atoms with van der Waals surface area (Å²) in [6, 6.07) is 1.60. The highest BCUT2D eigenvalue weighted by molar-refractivity contribution is 6.38. The zero-order chi connectivity index (χ0) is 18.9. The molecule has 0 unspecified atom stereocenters. The maximum absolute atomic E-state index is 12.4. The topological polar surface area (TPSA) is 96.4 Å². The van der Waals surface area contributed by atoms with E-state index in [1.54, 1.807) is 0 Å². The molecule has 0 saturated carbocycles. The molecule has 25 heavy (non-hydrogen) atoms. The SMILES string of the molecule is COC(=O)c1c(N)ncn(-c2c(Cl)cc(OC(F)(F)F)cc2Cl)c1=O. The Kier molecular flexibility index (Phi) is 5.14. The van der Waals surface area contributed by atoms with Crippen molar-refractivity contribution < 1.29 is 27.4 Å². The summed E-state index contributed by atoms with van der Waals surface area (Å²) >= 11 is 11.8. The minimum Gasteiger partial charge on any atom is -0.465 e. The fourth-order valence-electron chi connectivity index (χ4n) is 1.89. The number of ether oxygens (including phenoxy) is 2. The van der Waals surface area contributed by atoms with Crippen molar-refractivity contribution in [2.24, 2.45) is 0 Å². The van der Waals surface area contributed by atoms with Crippen LogP contribution in [-0.4, -0.2) is 29.0 Å². The van der Waals surface area contributed by atoms with Crippen LogP contribution in [0.4, 0.5) is 19.0 Å². The fraction of sp³-hybridized carbons (Fsp3) is 0.154. The van der Waals surface area contributed by atoms with Gasteiger partial charge in [-0.05, 0) is 0 Å². The zero-order valence-corrected chi connectivity index (χ0v) is 13.7. The molecule has 7 nitrogen and oxygen atoms in total. The predicted molar refractivity (Wildman–Crippen MR) is 82.3 cm³/mol. The van der Waals surface area contributed by atoms with E-state index in [4.69, 9.17) is 28.9 Å². The van der Waals surface area contributed by atoms with Gasteiger partial charge in [-0.25, -0.2) is 9.78 Å². The first-order valence-electron chi connectivity index (χ1n) is 6.25. The van der Waals surface area contributed by atoms with Crippen LogP contribution in [-0.2, 0) is 4.74 Å². The van der Waals surface area contributed by atoms with Gasteiger partial charge in [0.1, 0.15) is 17.9 Å². The summed E-state index contributed by atoms with van der Waals surface area (Å²) in [7, 11) is 1.03. The van der Waals surface area contributed by atoms with E-state index in [1.165, 1.54) is 0 Å². The Bertz CT molecular complexity index is 876. The molecule has 0 aliphatic heterocycles. The van der Waals surface area contributed by atoms with Gasteiger partial charge < -0.3 is 15.2 Å². The molecule has 0 aliphatic carbocycles. The van der Waals surface area contributed by atoms with E-state index in [2.05, 4.69) is 14.5 Å². The van der Waals surface area contributed by atoms with E-state index in [0.29, 0.717) is 0 Å². The number of rotatable bonds is 3. The number of methoxy groups -OCH3 is 1. The minimum atomic E-state index is -4.95. The maximum Gasteiger partial charge on any atom is 0.573 e. The molecule has 0 spiro atoms. The lowest BCUT2D eigenvalue weighted by Gasteiger charge is -2.14. The van der Waals surface area contributed by atoms with Crippen LogP contribution >= 0.6 is 23.2 Å². The van der Waals surface area contributed by atoms with Gasteiger partial charge in [-0.3, -0.25) is 9.36 Å². The molecule has 0 radical (unpaired) electrons. The van der Waals surface area contributed by atoms with Gasteiger partial charge in [0, 0.05) is 12.1 Å². The van der Waals surface area contributed by atoms with E-state index in [1.807, 2.05) is 0 Å². The molecule has 0 bridgehead atoms. The Hall–Kier alpha value is -2.46. The standard InChI is InChI=1S/C13H8Cl2F3N3O4/c1-24-12(23)8-10(19)20-4-21(11(8)22)9-6(14)2-5(3-7(9)15)25-13(16,17)18/h2-4H,19H2,1H3. The van der Waals surface area contributed by atoms with Gasteiger partial charge in [-0.2, -0.15) is 0 Å². The Labute approximate surface area is 147 Å². The number of anilines is 1. The smallest absolute Gasteiger partial charge is 0.465 e. The lowest BCUT2D eigenvalue weighted by molar-refractivity contribution is -0.274. The fourth-order valence-corrected chi connectivity index (χ4v) is 2.53. The van der Waals surface area contributed by atoms with Crippen LogP contribution in [0, 0.1) is 0 Å². The second-order valence-electron chi connectivity index (χ2n) is 4.45. The number of nitrogen functional groups attached to an aromatic ring is 1. The molecule has 1 heterocycles. The van der Waals surface area contributed by atoms with Crippen LogP contribution in [0.15, 0.2) is 23.3 Å². The highest BCUT2D eigenvalue weighted by Crippen LogP contribution is 2.34. The predicted octanol–water partition coefficient (Wildman–Crippen LogP) is 2.81. The summed E-state index contributed by atoms with van der Waals surface area (Å²) < 4.78 is 45.7. The summed E-state index contributed by atoms with van der Waals surface area (Å²) in [6.07, 6.45) is -4.03. The first kappa shape index (κ1) is 18.9. The molecule has 1 aromatic heterocycles. The number of halogens is 5. The van der Waals surface area contributed by atoms with E-state index in [-0.39, 0.29) is 15.7 Å². The average Bonchev–Trinajstić information content (AvgIpc) is 2.46. The molecule has 0 aliphatic rings. The molecule has 0 amide bonds. The second kappa shape index (κ2) is 6.81. The monoisotopic (exact) mass is 397 g/mol. The number of alkyl halides is 3. The number of nitrogens with two attached hydrogens (primary N) is 1.